The molecule has 0 aliphatic rings. The van der Waals surface area contributed by atoms with Gasteiger partial charge in [0.15, 0.2) is 0 Å². The van der Waals surface area contributed by atoms with Crippen LogP contribution in [0.2, 0.25) is 0 Å². The Kier molecular flexibility index (Phi) is 13.1. The quantitative estimate of drug-likeness (QED) is 0.193. The summed E-state index contributed by atoms with van der Waals surface area (Å²) in [7, 11) is 1.75. The van der Waals surface area contributed by atoms with Crippen LogP contribution in [0.4, 0.5) is 5.69 Å². The van der Waals surface area contributed by atoms with E-state index >= 15 is 0 Å². The Hall–Kier alpha value is -2.77. The van der Waals surface area contributed by atoms with Crippen molar-refractivity contribution >= 4 is 17.5 Å². The van der Waals surface area contributed by atoms with Gasteiger partial charge in [0, 0.05) is 18.9 Å². The molecule has 4 heteroatoms. The standard InChI is InChI=1S/C25H26N2.C3H7N.Pt/c1-8-20(4)27(23-15-13-21(14-16-23)25(5,6)7)22(9-2)18-19(3)24-12-10-11-17-26-24;1-3-4-2;/h9-17H,1-4H2,5-7H3;3H,1-2H3;/q-2;;+2. The zero-order chi connectivity index (χ0) is 23.4. The summed E-state index contributed by atoms with van der Waals surface area (Å²) < 4.78 is 0. The second kappa shape index (κ2) is 14.3. The summed E-state index contributed by atoms with van der Waals surface area (Å²) in [6.45, 7) is 24.3. The predicted molar refractivity (Wildman–Crippen MR) is 136 cm³/mol. The summed E-state index contributed by atoms with van der Waals surface area (Å²) in [5, 5.41) is 0. The fraction of sp³-hybridized carbons (Fsp3) is 0.214. The van der Waals surface area contributed by atoms with Gasteiger partial charge in [0.1, 0.15) is 0 Å². The van der Waals surface area contributed by atoms with Gasteiger partial charge in [-0.3, -0.25) is 0 Å². The van der Waals surface area contributed by atoms with Crippen LogP contribution in [0.5, 0.6) is 0 Å². The molecule has 0 spiro atoms. The SMILES string of the molecule is C=[C-]C(=C)N(C(=[C-]C(=C)c1ccccn1)C=C)c1ccc(C(C)(C)C)cc1.CC=NC.[Pt+2]. The van der Waals surface area contributed by atoms with Gasteiger partial charge in [0.2, 0.25) is 0 Å². The van der Waals surface area contributed by atoms with Crippen LogP contribution >= 0.6 is 0 Å². The molecule has 0 saturated heterocycles. The largest absolute Gasteiger partial charge is 2.00 e. The van der Waals surface area contributed by atoms with Crippen molar-refractivity contribution in [3.63, 3.8) is 0 Å². The van der Waals surface area contributed by atoms with Gasteiger partial charge in [0.05, 0.1) is 0 Å². The van der Waals surface area contributed by atoms with Gasteiger partial charge >= 0.3 is 21.1 Å². The van der Waals surface area contributed by atoms with E-state index in [1.165, 1.54) is 5.56 Å². The van der Waals surface area contributed by atoms with Crippen LogP contribution in [-0.4, -0.2) is 18.2 Å². The molecule has 3 nitrogen and oxygen atoms in total. The van der Waals surface area contributed by atoms with Gasteiger partial charge in [-0.1, -0.05) is 45.0 Å². The van der Waals surface area contributed by atoms with E-state index in [0.29, 0.717) is 17.0 Å². The molecule has 2 aromatic rings. The molecular weight excluding hydrogens is 573 g/mol. The molecule has 0 N–H and O–H groups in total. The van der Waals surface area contributed by atoms with Crippen molar-refractivity contribution in [3.05, 3.63) is 116 Å². The third kappa shape index (κ3) is 8.76. The first-order valence-electron chi connectivity index (χ1n) is 10.1. The number of hydrogen-bond acceptors (Lipinski definition) is 3. The summed E-state index contributed by atoms with van der Waals surface area (Å²) in [5.41, 5.74) is 5.00. The summed E-state index contributed by atoms with van der Waals surface area (Å²) >= 11 is 0. The van der Waals surface area contributed by atoms with Crippen molar-refractivity contribution in [2.45, 2.75) is 33.1 Å². The average molecular weight is 607 g/mol. The van der Waals surface area contributed by atoms with Gasteiger partial charge in [-0.2, -0.15) is 13.2 Å². The Morgan fingerprint density at radius 2 is 1.69 bits per heavy atom. The Balaban J connectivity index is 0.00000177. The number of nitrogens with zero attached hydrogens (tertiary/aromatic N) is 3. The van der Waals surface area contributed by atoms with E-state index in [0.717, 1.165) is 11.4 Å². The first-order valence-corrected chi connectivity index (χ1v) is 10.1. The maximum Gasteiger partial charge on any atom is 2.00 e. The summed E-state index contributed by atoms with van der Waals surface area (Å²) in [6, 6.07) is 14.0. The van der Waals surface area contributed by atoms with E-state index in [9.17, 15) is 0 Å². The fourth-order valence-corrected chi connectivity index (χ4v) is 2.59. The van der Waals surface area contributed by atoms with E-state index in [1.54, 1.807) is 25.5 Å². The van der Waals surface area contributed by atoms with Gasteiger partial charge in [-0.05, 0) is 53.7 Å². The summed E-state index contributed by atoms with van der Waals surface area (Å²) in [4.78, 5) is 9.84. The first kappa shape index (κ1) is 29.2. The molecule has 0 bridgehead atoms. The van der Waals surface area contributed by atoms with Crippen molar-refractivity contribution in [1.29, 1.82) is 0 Å². The van der Waals surface area contributed by atoms with Gasteiger partial charge in [-0.15, -0.1) is 30.0 Å². The molecule has 0 aliphatic carbocycles. The Morgan fingerprint density at radius 1 is 1.09 bits per heavy atom. The Labute approximate surface area is 209 Å². The molecule has 170 valence electrons. The second-order valence-corrected chi connectivity index (χ2v) is 7.68. The van der Waals surface area contributed by atoms with E-state index in [1.807, 2.05) is 30.0 Å². The molecule has 0 unspecified atom stereocenters. The van der Waals surface area contributed by atoms with Crippen LogP contribution in [0.25, 0.3) is 5.57 Å². The molecule has 0 saturated carbocycles. The molecule has 1 aromatic heterocycles. The molecule has 0 aliphatic heterocycles. The van der Waals surface area contributed by atoms with Crippen molar-refractivity contribution in [2.75, 3.05) is 11.9 Å². The van der Waals surface area contributed by atoms with Crippen LogP contribution in [0, 0.1) is 12.2 Å². The number of hydrogen-bond donors (Lipinski definition) is 0. The summed E-state index contributed by atoms with van der Waals surface area (Å²) in [6.07, 6.45) is 11.3. The molecule has 32 heavy (non-hydrogen) atoms. The average Bonchev–Trinajstić information content (AvgIpc) is 2.78. The molecule has 1 heterocycles. The third-order valence-electron chi connectivity index (χ3n) is 4.41. The second-order valence-electron chi connectivity index (χ2n) is 7.68. The van der Waals surface area contributed by atoms with Crippen LogP contribution in [0.15, 0.2) is 97.4 Å². The minimum absolute atomic E-state index is 0. The molecular formula is C28H33N3Pt. The maximum atomic E-state index is 4.32. The smallest absolute Gasteiger partial charge is 0.364 e. The van der Waals surface area contributed by atoms with Crippen LogP contribution in [0.3, 0.4) is 0 Å². The van der Waals surface area contributed by atoms with E-state index in [4.69, 9.17) is 0 Å². The number of allylic oxidation sites excluding steroid dienone is 4. The van der Waals surface area contributed by atoms with Gasteiger partial charge in [-0.25, -0.2) is 12.7 Å². The number of pyridine rings is 1. The minimum atomic E-state index is 0. The predicted octanol–water partition coefficient (Wildman–Crippen LogP) is 6.98. The van der Waals surface area contributed by atoms with Gasteiger partial charge < -0.3 is 14.9 Å². The minimum Gasteiger partial charge on any atom is -0.364 e. The van der Waals surface area contributed by atoms with Crippen molar-refractivity contribution < 1.29 is 21.1 Å². The summed E-state index contributed by atoms with van der Waals surface area (Å²) in [5.74, 6) is 0. The molecule has 0 amide bonds. The van der Waals surface area contributed by atoms with Crippen molar-refractivity contribution in [1.82, 2.24) is 4.98 Å². The third-order valence-corrected chi connectivity index (χ3v) is 4.41. The number of benzene rings is 1. The number of aromatic nitrogens is 1. The van der Waals surface area contributed by atoms with Crippen molar-refractivity contribution in [2.24, 2.45) is 4.99 Å². The van der Waals surface area contributed by atoms with Crippen LogP contribution < -0.4 is 4.90 Å². The van der Waals surface area contributed by atoms with Crippen molar-refractivity contribution in [3.8, 4) is 0 Å². The van der Waals surface area contributed by atoms with E-state index < -0.39 is 0 Å². The fourth-order valence-electron chi connectivity index (χ4n) is 2.59. The number of rotatable bonds is 7. The van der Waals surface area contributed by atoms with E-state index in [2.05, 4.69) is 93.5 Å². The Morgan fingerprint density at radius 3 is 2.09 bits per heavy atom. The van der Waals surface area contributed by atoms with Crippen LogP contribution in [-0.2, 0) is 26.5 Å². The maximum absolute atomic E-state index is 4.32. The van der Waals surface area contributed by atoms with Gasteiger partial charge in [0.25, 0.3) is 0 Å². The normalized spacial score (nSPS) is 11.0. The Bertz CT molecular complexity index is 942. The first-order chi connectivity index (χ1) is 14.7. The monoisotopic (exact) mass is 606 g/mol. The number of aliphatic imine (C=N–C) groups is 1. The van der Waals surface area contributed by atoms with E-state index in [-0.39, 0.29) is 26.5 Å². The zero-order valence-corrected chi connectivity index (χ0v) is 22.0. The molecule has 2 rings (SSSR count). The topological polar surface area (TPSA) is 28.5 Å². The molecule has 1 aromatic carbocycles. The number of anilines is 1. The molecule has 0 radical (unpaired) electrons. The van der Waals surface area contributed by atoms with Crippen LogP contribution in [0.1, 0.15) is 39.0 Å². The zero-order valence-electron chi connectivity index (χ0n) is 19.8. The molecule has 0 atom stereocenters. The molecule has 0 fully saturated rings.